The maximum Gasteiger partial charge on any atom is 0.139 e. The average molecular weight is 236 g/mol. The molecule has 3 nitrogen and oxygen atoms in total. The number of para-hydroxylation sites is 3. The summed E-state index contributed by atoms with van der Waals surface area (Å²) in [5.41, 5.74) is 1.58. The van der Waals surface area contributed by atoms with E-state index < -0.39 is 0 Å². The number of aromatic nitrogens is 1. The van der Waals surface area contributed by atoms with Gasteiger partial charge in [0.15, 0.2) is 0 Å². The van der Waals surface area contributed by atoms with Gasteiger partial charge in [0.1, 0.15) is 11.6 Å². The molecular weight excluding hydrogens is 224 g/mol. The van der Waals surface area contributed by atoms with E-state index >= 15 is 0 Å². The zero-order valence-corrected chi connectivity index (χ0v) is 9.67. The predicted octanol–water partition coefficient (Wildman–Crippen LogP) is 3.68. The van der Waals surface area contributed by atoms with E-state index in [1.54, 1.807) is 12.1 Å². The summed E-state index contributed by atoms with van der Waals surface area (Å²) < 4.78 is 0. The summed E-state index contributed by atoms with van der Waals surface area (Å²) >= 11 is 0. The Kier molecular flexibility index (Phi) is 2.57. The molecule has 0 amide bonds. The van der Waals surface area contributed by atoms with Gasteiger partial charge in [0.2, 0.25) is 0 Å². The molecule has 2 N–H and O–H groups in total. The molecule has 0 aliphatic heterocycles. The molecule has 0 spiro atoms. The highest BCUT2D eigenvalue weighted by Gasteiger charge is 2.01. The third-order valence-corrected chi connectivity index (χ3v) is 2.77. The molecule has 3 heteroatoms. The normalized spacial score (nSPS) is 10.4. The molecule has 3 aromatic rings. The molecule has 3 rings (SSSR count). The molecule has 18 heavy (non-hydrogen) atoms. The first-order chi connectivity index (χ1) is 8.83. The summed E-state index contributed by atoms with van der Waals surface area (Å²) in [5, 5.41) is 13.9. The number of phenols is 1. The average Bonchev–Trinajstić information content (AvgIpc) is 2.41. The number of hydrogen-bond acceptors (Lipinski definition) is 3. The van der Waals surface area contributed by atoms with E-state index in [1.807, 2.05) is 48.5 Å². The SMILES string of the molecule is Oc1ccccc1Nc1ccc2ccccc2n1. The lowest BCUT2D eigenvalue weighted by atomic mass is 10.2. The molecule has 88 valence electrons. The Morgan fingerprint density at radius 1 is 0.833 bits per heavy atom. The largest absolute Gasteiger partial charge is 0.506 e. The van der Waals surface area contributed by atoms with Crippen LogP contribution in [0, 0.1) is 0 Å². The first-order valence-electron chi connectivity index (χ1n) is 5.74. The highest BCUT2D eigenvalue weighted by molar-refractivity contribution is 5.81. The summed E-state index contributed by atoms with van der Waals surface area (Å²) in [4.78, 5) is 4.49. The maximum absolute atomic E-state index is 9.69. The first kappa shape index (κ1) is 10.6. The number of benzene rings is 2. The lowest BCUT2D eigenvalue weighted by Gasteiger charge is -2.08. The topological polar surface area (TPSA) is 45.1 Å². The van der Waals surface area contributed by atoms with Gasteiger partial charge in [-0.3, -0.25) is 0 Å². The summed E-state index contributed by atoms with van der Waals surface area (Å²) in [5.74, 6) is 0.933. The quantitative estimate of drug-likeness (QED) is 0.667. The van der Waals surface area contributed by atoms with Crippen LogP contribution in [-0.4, -0.2) is 10.1 Å². The van der Waals surface area contributed by atoms with Gasteiger partial charge in [-0.1, -0.05) is 30.3 Å². The maximum atomic E-state index is 9.69. The Morgan fingerprint density at radius 2 is 1.61 bits per heavy atom. The van der Waals surface area contributed by atoms with Gasteiger partial charge >= 0.3 is 0 Å². The van der Waals surface area contributed by atoms with Gasteiger partial charge in [-0.25, -0.2) is 4.98 Å². The minimum absolute atomic E-state index is 0.215. The highest BCUT2D eigenvalue weighted by Crippen LogP contribution is 2.25. The third-order valence-electron chi connectivity index (χ3n) is 2.77. The van der Waals surface area contributed by atoms with Crippen molar-refractivity contribution in [2.75, 3.05) is 5.32 Å². The van der Waals surface area contributed by atoms with Crippen molar-refractivity contribution in [2.45, 2.75) is 0 Å². The lowest BCUT2D eigenvalue weighted by Crippen LogP contribution is -1.93. The van der Waals surface area contributed by atoms with E-state index in [0.717, 1.165) is 16.7 Å². The molecule has 0 atom stereocenters. The van der Waals surface area contributed by atoms with Gasteiger partial charge in [-0.15, -0.1) is 0 Å². The molecule has 2 aromatic carbocycles. The van der Waals surface area contributed by atoms with Crippen molar-refractivity contribution < 1.29 is 5.11 Å². The van der Waals surface area contributed by atoms with Crippen LogP contribution >= 0.6 is 0 Å². The number of rotatable bonds is 2. The van der Waals surface area contributed by atoms with Crippen LogP contribution in [0.2, 0.25) is 0 Å². The molecule has 1 aromatic heterocycles. The molecular formula is C15H12N2O. The number of aromatic hydroxyl groups is 1. The zero-order chi connectivity index (χ0) is 12.4. The second-order valence-corrected chi connectivity index (χ2v) is 4.03. The molecule has 0 bridgehead atoms. The van der Waals surface area contributed by atoms with E-state index in [4.69, 9.17) is 0 Å². The van der Waals surface area contributed by atoms with Crippen LogP contribution in [0.3, 0.4) is 0 Å². The number of phenolic OH excluding ortho intramolecular Hbond substituents is 1. The summed E-state index contributed by atoms with van der Waals surface area (Å²) in [7, 11) is 0. The Hall–Kier alpha value is -2.55. The second kappa shape index (κ2) is 4.37. The van der Waals surface area contributed by atoms with Gasteiger partial charge < -0.3 is 10.4 Å². The first-order valence-corrected chi connectivity index (χ1v) is 5.74. The molecule has 0 saturated heterocycles. The molecule has 0 aliphatic carbocycles. The fraction of sp³-hybridized carbons (Fsp3) is 0. The van der Waals surface area contributed by atoms with E-state index in [9.17, 15) is 5.11 Å². The number of anilines is 2. The number of nitrogens with zero attached hydrogens (tertiary/aromatic N) is 1. The van der Waals surface area contributed by atoms with E-state index in [-0.39, 0.29) is 5.75 Å². The van der Waals surface area contributed by atoms with Gasteiger partial charge in [0, 0.05) is 5.39 Å². The van der Waals surface area contributed by atoms with Crippen LogP contribution in [-0.2, 0) is 0 Å². The van der Waals surface area contributed by atoms with Crippen molar-refractivity contribution in [2.24, 2.45) is 0 Å². The summed E-state index contributed by atoms with van der Waals surface area (Å²) in [6, 6.07) is 18.9. The molecule has 0 radical (unpaired) electrons. The van der Waals surface area contributed by atoms with Crippen LogP contribution in [0.5, 0.6) is 5.75 Å². The standard InChI is InChI=1S/C15H12N2O/c18-14-8-4-3-7-13(14)17-15-10-9-11-5-1-2-6-12(11)16-15/h1-10,18H,(H,16,17). The molecule has 1 heterocycles. The molecule has 0 aliphatic rings. The van der Waals surface area contributed by atoms with Crippen molar-refractivity contribution >= 4 is 22.4 Å². The van der Waals surface area contributed by atoms with Crippen molar-refractivity contribution in [3.63, 3.8) is 0 Å². The molecule has 0 unspecified atom stereocenters. The van der Waals surface area contributed by atoms with Crippen LogP contribution < -0.4 is 5.32 Å². The van der Waals surface area contributed by atoms with Gasteiger partial charge in [0.05, 0.1) is 11.2 Å². The second-order valence-electron chi connectivity index (χ2n) is 4.03. The number of pyridine rings is 1. The van der Waals surface area contributed by atoms with Crippen molar-refractivity contribution in [1.29, 1.82) is 0 Å². The van der Waals surface area contributed by atoms with Crippen molar-refractivity contribution in [3.05, 3.63) is 60.7 Å². The van der Waals surface area contributed by atoms with Gasteiger partial charge in [-0.05, 0) is 30.3 Å². The number of hydrogen-bond donors (Lipinski definition) is 2. The minimum atomic E-state index is 0.215. The Bertz CT molecular complexity index is 695. The Labute approximate surface area is 105 Å². The molecule has 0 fully saturated rings. The van der Waals surface area contributed by atoms with Crippen LogP contribution in [0.4, 0.5) is 11.5 Å². The lowest BCUT2D eigenvalue weighted by molar-refractivity contribution is 0.477. The van der Waals surface area contributed by atoms with Crippen molar-refractivity contribution in [1.82, 2.24) is 4.98 Å². The van der Waals surface area contributed by atoms with Gasteiger partial charge in [0.25, 0.3) is 0 Å². The highest BCUT2D eigenvalue weighted by atomic mass is 16.3. The Morgan fingerprint density at radius 3 is 2.50 bits per heavy atom. The summed E-state index contributed by atoms with van der Waals surface area (Å²) in [6.45, 7) is 0. The number of nitrogens with one attached hydrogen (secondary N) is 1. The van der Waals surface area contributed by atoms with E-state index in [2.05, 4.69) is 10.3 Å². The van der Waals surface area contributed by atoms with Crippen LogP contribution in [0.1, 0.15) is 0 Å². The summed E-state index contributed by atoms with van der Waals surface area (Å²) in [6.07, 6.45) is 0. The fourth-order valence-corrected chi connectivity index (χ4v) is 1.85. The van der Waals surface area contributed by atoms with Crippen LogP contribution in [0.15, 0.2) is 60.7 Å². The van der Waals surface area contributed by atoms with Crippen LogP contribution in [0.25, 0.3) is 10.9 Å². The monoisotopic (exact) mass is 236 g/mol. The van der Waals surface area contributed by atoms with Crippen molar-refractivity contribution in [3.8, 4) is 5.75 Å². The zero-order valence-electron chi connectivity index (χ0n) is 9.67. The van der Waals surface area contributed by atoms with E-state index in [0.29, 0.717) is 5.69 Å². The fourth-order valence-electron chi connectivity index (χ4n) is 1.85. The number of fused-ring (bicyclic) bond motifs is 1. The van der Waals surface area contributed by atoms with Gasteiger partial charge in [-0.2, -0.15) is 0 Å². The Balaban J connectivity index is 1.98. The van der Waals surface area contributed by atoms with E-state index in [1.165, 1.54) is 0 Å². The molecule has 0 saturated carbocycles. The minimum Gasteiger partial charge on any atom is -0.506 e. The predicted molar refractivity (Wildman–Crippen MR) is 73.1 cm³/mol. The third kappa shape index (κ3) is 1.98. The smallest absolute Gasteiger partial charge is 0.139 e.